The van der Waals surface area contributed by atoms with Crippen LogP contribution in [0, 0.1) is 5.92 Å². The topological polar surface area (TPSA) is 71.2 Å². The maximum Gasteiger partial charge on any atom is 0.222 e. The summed E-state index contributed by atoms with van der Waals surface area (Å²) in [7, 11) is 0. The van der Waals surface area contributed by atoms with Crippen LogP contribution in [0.25, 0.3) is 0 Å². The van der Waals surface area contributed by atoms with E-state index in [1.54, 1.807) is 0 Å². The predicted molar refractivity (Wildman–Crippen MR) is 84.9 cm³/mol. The maximum absolute atomic E-state index is 11.4. The minimum absolute atomic E-state index is 0.0646. The fourth-order valence-electron chi connectivity index (χ4n) is 2.67. The van der Waals surface area contributed by atoms with E-state index in [1.165, 1.54) is 5.56 Å². The number of primary amides is 1. The Morgan fingerprint density at radius 2 is 2.24 bits per heavy atom. The van der Waals surface area contributed by atoms with Crippen LogP contribution in [0.1, 0.15) is 39.2 Å². The van der Waals surface area contributed by atoms with Gasteiger partial charge in [0.15, 0.2) is 0 Å². The summed E-state index contributed by atoms with van der Waals surface area (Å²) in [5.74, 6) is 0.664. The third kappa shape index (κ3) is 4.17. The van der Waals surface area contributed by atoms with Crippen LogP contribution in [-0.2, 0) is 11.3 Å². The Morgan fingerprint density at radius 1 is 1.48 bits per heavy atom. The molecule has 1 amide bonds. The highest BCUT2D eigenvalue weighted by molar-refractivity contribution is 5.77. The number of pyridine rings is 1. The highest BCUT2D eigenvalue weighted by Gasteiger charge is 2.29. The van der Waals surface area contributed by atoms with Gasteiger partial charge in [-0.1, -0.05) is 19.9 Å². The molecule has 2 rings (SSSR count). The van der Waals surface area contributed by atoms with Gasteiger partial charge in [-0.2, -0.15) is 0 Å². The fourth-order valence-corrected chi connectivity index (χ4v) is 2.67. The van der Waals surface area contributed by atoms with Crippen LogP contribution in [0.2, 0.25) is 0 Å². The van der Waals surface area contributed by atoms with E-state index in [0.29, 0.717) is 18.6 Å². The van der Waals surface area contributed by atoms with Crippen molar-refractivity contribution in [2.75, 3.05) is 11.4 Å². The molecule has 0 bridgehead atoms. The Morgan fingerprint density at radius 3 is 2.81 bits per heavy atom. The number of piperidine rings is 1. The van der Waals surface area contributed by atoms with Gasteiger partial charge in [-0.05, 0) is 31.4 Å². The second-order valence-corrected chi connectivity index (χ2v) is 6.24. The number of hydrogen-bond donors (Lipinski definition) is 2. The van der Waals surface area contributed by atoms with Gasteiger partial charge in [0.25, 0.3) is 0 Å². The zero-order valence-corrected chi connectivity index (χ0v) is 13.2. The molecule has 1 aromatic rings. The molecule has 2 unspecified atom stereocenters. The summed E-state index contributed by atoms with van der Waals surface area (Å²) in [6, 6.07) is 4.99. The summed E-state index contributed by atoms with van der Waals surface area (Å²) >= 11 is 0. The highest BCUT2D eigenvalue weighted by Crippen LogP contribution is 2.26. The molecule has 3 N–H and O–H groups in total. The van der Waals surface area contributed by atoms with Gasteiger partial charge in [0.05, 0.1) is 5.92 Å². The van der Waals surface area contributed by atoms with E-state index >= 15 is 0 Å². The third-order valence-electron chi connectivity index (χ3n) is 4.10. The molecule has 1 aliphatic heterocycles. The molecular weight excluding hydrogens is 264 g/mol. The number of nitrogens with two attached hydrogens (primary N) is 1. The van der Waals surface area contributed by atoms with Gasteiger partial charge in [-0.25, -0.2) is 4.98 Å². The van der Waals surface area contributed by atoms with Crippen LogP contribution < -0.4 is 16.0 Å². The minimum Gasteiger partial charge on any atom is -0.369 e. The summed E-state index contributed by atoms with van der Waals surface area (Å²) in [6.45, 7) is 7.92. The number of carbonyl (C=O) groups is 1. The van der Waals surface area contributed by atoms with Gasteiger partial charge in [-0.15, -0.1) is 0 Å². The lowest BCUT2D eigenvalue weighted by molar-refractivity contribution is -0.122. The third-order valence-corrected chi connectivity index (χ3v) is 4.10. The summed E-state index contributed by atoms with van der Waals surface area (Å²) in [4.78, 5) is 18.2. The molecule has 21 heavy (non-hydrogen) atoms. The molecule has 2 heterocycles. The number of rotatable bonds is 5. The average Bonchev–Trinajstić information content (AvgIpc) is 2.46. The second-order valence-electron chi connectivity index (χ2n) is 6.24. The second kappa shape index (κ2) is 6.89. The molecule has 0 saturated carbocycles. The van der Waals surface area contributed by atoms with Gasteiger partial charge >= 0.3 is 0 Å². The van der Waals surface area contributed by atoms with E-state index < -0.39 is 0 Å². The van der Waals surface area contributed by atoms with E-state index in [9.17, 15) is 4.79 Å². The van der Waals surface area contributed by atoms with Crippen LogP contribution in [0.5, 0.6) is 0 Å². The lowest BCUT2D eigenvalue weighted by Gasteiger charge is -2.37. The van der Waals surface area contributed by atoms with Gasteiger partial charge in [-0.3, -0.25) is 4.79 Å². The quantitative estimate of drug-likeness (QED) is 0.865. The van der Waals surface area contributed by atoms with Crippen molar-refractivity contribution in [2.45, 2.75) is 52.2 Å². The van der Waals surface area contributed by atoms with Gasteiger partial charge in [0.2, 0.25) is 5.91 Å². The number of aromatic nitrogens is 1. The number of anilines is 1. The van der Waals surface area contributed by atoms with Crippen LogP contribution >= 0.6 is 0 Å². The van der Waals surface area contributed by atoms with Gasteiger partial charge < -0.3 is 16.0 Å². The molecule has 0 aromatic carbocycles. The molecule has 1 fully saturated rings. The first-order valence-corrected chi connectivity index (χ1v) is 7.71. The maximum atomic E-state index is 11.4. The SMILES string of the molecule is CC(C)NCc1ccc(N2CC(C(N)=O)CCC2C)nc1. The molecule has 5 nitrogen and oxygen atoms in total. The normalized spacial score (nSPS) is 22.6. The summed E-state index contributed by atoms with van der Waals surface area (Å²) in [6.07, 6.45) is 3.76. The summed E-state index contributed by atoms with van der Waals surface area (Å²) < 4.78 is 0. The number of amides is 1. The number of carbonyl (C=O) groups excluding carboxylic acids is 1. The van der Waals surface area contributed by atoms with Crippen molar-refractivity contribution in [2.24, 2.45) is 11.7 Å². The summed E-state index contributed by atoms with van der Waals surface area (Å²) in [5, 5.41) is 3.38. The molecule has 0 spiro atoms. The zero-order valence-electron chi connectivity index (χ0n) is 13.2. The molecule has 0 aliphatic carbocycles. The smallest absolute Gasteiger partial charge is 0.222 e. The van der Waals surface area contributed by atoms with E-state index in [2.05, 4.69) is 42.0 Å². The van der Waals surface area contributed by atoms with Crippen LogP contribution in [0.15, 0.2) is 18.3 Å². The first-order chi connectivity index (χ1) is 9.97. The Kier molecular flexibility index (Phi) is 5.17. The van der Waals surface area contributed by atoms with Crippen molar-refractivity contribution in [3.63, 3.8) is 0 Å². The van der Waals surface area contributed by atoms with Crippen molar-refractivity contribution in [3.05, 3.63) is 23.9 Å². The van der Waals surface area contributed by atoms with Crippen molar-refractivity contribution in [1.29, 1.82) is 0 Å². The standard InChI is InChI=1S/C16H26N4O/c1-11(2)18-8-13-5-7-15(19-9-13)20-10-14(16(17)21)6-4-12(20)3/h5,7,9,11-12,14,18H,4,6,8,10H2,1-3H3,(H2,17,21). The molecule has 5 heteroatoms. The lowest BCUT2D eigenvalue weighted by Crippen LogP contribution is -2.46. The molecule has 1 saturated heterocycles. The van der Waals surface area contributed by atoms with E-state index in [4.69, 9.17) is 5.73 Å². The number of hydrogen-bond acceptors (Lipinski definition) is 4. The Bertz CT molecular complexity index is 472. The molecule has 1 aliphatic rings. The Labute approximate surface area is 126 Å². The predicted octanol–water partition coefficient (Wildman–Crippen LogP) is 1.67. The Balaban J connectivity index is 2.04. The lowest BCUT2D eigenvalue weighted by atomic mass is 9.93. The minimum atomic E-state index is -0.204. The van der Waals surface area contributed by atoms with E-state index in [0.717, 1.165) is 25.2 Å². The number of nitrogens with one attached hydrogen (secondary N) is 1. The average molecular weight is 290 g/mol. The van der Waals surface area contributed by atoms with Crippen LogP contribution in [-0.4, -0.2) is 29.5 Å². The van der Waals surface area contributed by atoms with Crippen LogP contribution in [0.3, 0.4) is 0 Å². The molecule has 1 aromatic heterocycles. The van der Waals surface area contributed by atoms with E-state index in [1.807, 2.05) is 12.3 Å². The first kappa shape index (κ1) is 15.8. The molecular formula is C16H26N4O. The van der Waals surface area contributed by atoms with Crippen molar-refractivity contribution < 1.29 is 4.79 Å². The van der Waals surface area contributed by atoms with Gasteiger partial charge in [0, 0.05) is 31.4 Å². The van der Waals surface area contributed by atoms with Crippen molar-refractivity contribution >= 4 is 11.7 Å². The fraction of sp³-hybridized carbons (Fsp3) is 0.625. The Hall–Kier alpha value is -1.62. The van der Waals surface area contributed by atoms with Crippen molar-refractivity contribution in [1.82, 2.24) is 10.3 Å². The van der Waals surface area contributed by atoms with Crippen molar-refractivity contribution in [3.8, 4) is 0 Å². The number of nitrogens with zero attached hydrogens (tertiary/aromatic N) is 2. The van der Waals surface area contributed by atoms with Crippen LogP contribution in [0.4, 0.5) is 5.82 Å². The molecule has 2 atom stereocenters. The first-order valence-electron chi connectivity index (χ1n) is 7.71. The highest BCUT2D eigenvalue weighted by atomic mass is 16.1. The summed E-state index contributed by atoms with van der Waals surface area (Å²) in [5.41, 5.74) is 6.62. The largest absolute Gasteiger partial charge is 0.369 e. The van der Waals surface area contributed by atoms with E-state index in [-0.39, 0.29) is 11.8 Å². The monoisotopic (exact) mass is 290 g/mol. The van der Waals surface area contributed by atoms with Gasteiger partial charge in [0.1, 0.15) is 5.82 Å². The molecule has 0 radical (unpaired) electrons. The molecule has 116 valence electrons. The zero-order chi connectivity index (χ0) is 15.4.